The van der Waals surface area contributed by atoms with Crippen molar-refractivity contribution in [1.82, 2.24) is 24.8 Å². The molecule has 1 aliphatic rings. The van der Waals surface area contributed by atoms with E-state index < -0.39 is 0 Å². The number of nitrogens with zero attached hydrogens (tertiary/aromatic N) is 8. The minimum Gasteiger partial charge on any atom is -0.370 e. The molecule has 188 valence electrons. The number of fused-ring (bicyclic) bond motifs is 1. The highest BCUT2D eigenvalue weighted by Crippen LogP contribution is 2.26. The van der Waals surface area contributed by atoms with Crippen LogP contribution in [0.25, 0.3) is 11.5 Å². The summed E-state index contributed by atoms with van der Waals surface area (Å²) in [6, 6.07) is 18.7. The second-order valence-electron chi connectivity index (χ2n) is 8.58. The second kappa shape index (κ2) is 11.3. The largest absolute Gasteiger partial charge is 0.370 e. The van der Waals surface area contributed by atoms with Gasteiger partial charge in [0.05, 0.1) is 11.9 Å². The van der Waals surface area contributed by atoms with Crippen LogP contribution in [0.4, 0.5) is 11.5 Å². The maximum absolute atomic E-state index is 5.39. The van der Waals surface area contributed by atoms with Crippen LogP contribution in [0.15, 0.2) is 83.2 Å². The van der Waals surface area contributed by atoms with Gasteiger partial charge in [-0.2, -0.15) is 0 Å². The summed E-state index contributed by atoms with van der Waals surface area (Å²) in [5.41, 5.74) is 2.17. The van der Waals surface area contributed by atoms with Gasteiger partial charge < -0.3 is 9.79 Å². The van der Waals surface area contributed by atoms with E-state index in [2.05, 4.69) is 50.8 Å². The van der Waals surface area contributed by atoms with Crippen molar-refractivity contribution in [1.29, 1.82) is 0 Å². The summed E-state index contributed by atoms with van der Waals surface area (Å²) in [7, 11) is 0. The van der Waals surface area contributed by atoms with Crippen LogP contribution < -0.4 is 9.79 Å². The highest BCUT2D eigenvalue weighted by Gasteiger charge is 2.30. The van der Waals surface area contributed by atoms with Crippen molar-refractivity contribution in [3.05, 3.63) is 78.9 Å². The molecule has 4 heterocycles. The predicted octanol–water partition coefficient (Wildman–Crippen LogP) is 5.17. The molecule has 10 nitrogen and oxygen atoms in total. The topological polar surface area (TPSA) is 103 Å². The number of rotatable bonds is 9. The van der Waals surface area contributed by atoms with Gasteiger partial charge in [0.2, 0.25) is 11.6 Å². The van der Waals surface area contributed by atoms with Gasteiger partial charge in [-0.05, 0) is 49.2 Å². The molecule has 3 aromatic heterocycles. The number of benzene rings is 1. The third kappa shape index (κ3) is 5.84. The SMILES string of the molecule is CCN(CC(C)C)c1ccc(N=C2C(SOOc3ccccc3)=Nn3nc(-c4ccccn4)nc32)nc1. The van der Waals surface area contributed by atoms with Gasteiger partial charge in [0, 0.05) is 19.3 Å². The van der Waals surface area contributed by atoms with E-state index in [1.807, 2.05) is 54.7 Å². The van der Waals surface area contributed by atoms with Gasteiger partial charge in [-0.3, -0.25) is 4.98 Å². The average Bonchev–Trinajstić information content (AvgIpc) is 3.48. The molecule has 11 heteroatoms. The van der Waals surface area contributed by atoms with E-state index in [0.29, 0.717) is 45.6 Å². The maximum atomic E-state index is 5.39. The van der Waals surface area contributed by atoms with Gasteiger partial charge in [-0.15, -0.1) is 19.3 Å². The molecular formula is C26H26N8O2S. The minimum atomic E-state index is 0.444. The first-order valence-corrected chi connectivity index (χ1v) is 12.7. The quantitative estimate of drug-likeness (QED) is 0.171. The molecule has 0 N–H and O–H groups in total. The van der Waals surface area contributed by atoms with Crippen LogP contribution in [0.5, 0.6) is 5.75 Å². The summed E-state index contributed by atoms with van der Waals surface area (Å²) < 4.78 is 5.39. The van der Waals surface area contributed by atoms with Gasteiger partial charge in [0.25, 0.3) is 0 Å². The highest BCUT2D eigenvalue weighted by atomic mass is 32.2. The number of aliphatic imine (C=N–C) groups is 1. The van der Waals surface area contributed by atoms with Crippen LogP contribution in [0.2, 0.25) is 0 Å². The summed E-state index contributed by atoms with van der Waals surface area (Å²) in [6.07, 6.45) is 3.53. The third-order valence-corrected chi connectivity index (χ3v) is 5.93. The number of aromatic nitrogens is 5. The fourth-order valence-electron chi connectivity index (χ4n) is 3.68. The minimum absolute atomic E-state index is 0.444. The van der Waals surface area contributed by atoms with Crippen molar-refractivity contribution in [2.24, 2.45) is 16.0 Å². The molecule has 0 fully saturated rings. The lowest BCUT2D eigenvalue weighted by Crippen LogP contribution is -2.27. The lowest BCUT2D eigenvalue weighted by Gasteiger charge is -2.24. The molecule has 1 aromatic carbocycles. The second-order valence-corrected chi connectivity index (χ2v) is 9.27. The van der Waals surface area contributed by atoms with Gasteiger partial charge in [0.1, 0.15) is 23.4 Å². The van der Waals surface area contributed by atoms with Crippen LogP contribution in [0.1, 0.15) is 26.6 Å². The van der Waals surface area contributed by atoms with Gasteiger partial charge in [-0.1, -0.05) is 38.1 Å². The number of para-hydroxylation sites is 1. The lowest BCUT2D eigenvalue weighted by atomic mass is 10.2. The van der Waals surface area contributed by atoms with Crippen molar-refractivity contribution in [2.75, 3.05) is 18.0 Å². The lowest BCUT2D eigenvalue weighted by molar-refractivity contribution is -0.0759. The van der Waals surface area contributed by atoms with Crippen LogP contribution in [0.3, 0.4) is 0 Å². The summed E-state index contributed by atoms with van der Waals surface area (Å²) in [4.78, 5) is 27.4. The first-order chi connectivity index (χ1) is 18.1. The molecule has 0 aliphatic carbocycles. The molecule has 4 aromatic rings. The van der Waals surface area contributed by atoms with Gasteiger partial charge in [-0.25, -0.2) is 15.0 Å². The van der Waals surface area contributed by atoms with E-state index in [9.17, 15) is 0 Å². The molecule has 0 spiro atoms. The number of anilines is 1. The Balaban J connectivity index is 1.42. The summed E-state index contributed by atoms with van der Waals surface area (Å²) >= 11 is 0.932. The first-order valence-electron chi connectivity index (χ1n) is 11.9. The van der Waals surface area contributed by atoms with Gasteiger partial charge >= 0.3 is 0 Å². The Kier molecular flexibility index (Phi) is 7.52. The van der Waals surface area contributed by atoms with Crippen molar-refractivity contribution in [3.8, 4) is 17.3 Å². The Morgan fingerprint density at radius 3 is 2.57 bits per heavy atom. The number of hydrogen-bond donors (Lipinski definition) is 0. The zero-order valence-electron chi connectivity index (χ0n) is 20.7. The smallest absolute Gasteiger partial charge is 0.205 e. The molecule has 0 amide bonds. The van der Waals surface area contributed by atoms with E-state index in [1.165, 1.54) is 4.79 Å². The first kappa shape index (κ1) is 24.6. The standard InChI is InChI=1S/C26H26N8O2S/c1-4-33(17-18(2)3)19-13-14-22(28-16-19)29-23-25-30-24(21-12-8-9-15-27-21)31-34(25)32-26(23)37-36-35-20-10-6-5-7-11-20/h5-16,18H,4,17H2,1-3H3. The van der Waals surface area contributed by atoms with Gasteiger partial charge in [0.15, 0.2) is 16.6 Å². The molecule has 0 saturated carbocycles. The van der Waals surface area contributed by atoms with Crippen LogP contribution >= 0.6 is 12.0 Å². The monoisotopic (exact) mass is 514 g/mol. The zero-order chi connectivity index (χ0) is 25.6. The Labute approximate surface area is 219 Å². The molecule has 1 aliphatic heterocycles. The van der Waals surface area contributed by atoms with Crippen LogP contribution in [0, 0.1) is 5.92 Å². The Morgan fingerprint density at radius 1 is 1.03 bits per heavy atom. The third-order valence-electron chi connectivity index (χ3n) is 5.36. The number of hydrogen-bond acceptors (Lipinski definition) is 10. The number of pyridine rings is 2. The van der Waals surface area contributed by atoms with Crippen molar-refractivity contribution in [2.45, 2.75) is 20.8 Å². The fourth-order valence-corrected chi connectivity index (χ4v) is 4.18. The predicted molar refractivity (Wildman–Crippen MR) is 145 cm³/mol. The van der Waals surface area contributed by atoms with Crippen molar-refractivity contribution < 1.29 is 9.22 Å². The molecule has 5 rings (SSSR count). The average molecular weight is 515 g/mol. The summed E-state index contributed by atoms with van der Waals surface area (Å²) in [5, 5.41) is 9.45. The van der Waals surface area contributed by atoms with Crippen molar-refractivity contribution >= 4 is 34.3 Å². The molecular weight excluding hydrogens is 488 g/mol. The molecule has 0 bridgehead atoms. The van der Waals surface area contributed by atoms with E-state index in [0.717, 1.165) is 30.8 Å². The van der Waals surface area contributed by atoms with Crippen LogP contribution in [-0.2, 0) is 4.33 Å². The molecule has 0 unspecified atom stereocenters. The Bertz CT molecular complexity index is 1390. The fraction of sp³-hybridized carbons (Fsp3) is 0.231. The Morgan fingerprint density at radius 2 is 1.86 bits per heavy atom. The highest BCUT2D eigenvalue weighted by molar-refractivity contribution is 8.11. The van der Waals surface area contributed by atoms with E-state index >= 15 is 0 Å². The normalized spacial score (nSPS) is 13.6. The molecule has 0 saturated heterocycles. The van der Waals surface area contributed by atoms with E-state index in [4.69, 9.17) is 14.2 Å². The van der Waals surface area contributed by atoms with Crippen LogP contribution in [-0.4, -0.2) is 48.7 Å². The maximum Gasteiger partial charge on any atom is 0.205 e. The Hall–Kier alpha value is -4.09. The van der Waals surface area contributed by atoms with Crippen molar-refractivity contribution in [3.63, 3.8) is 0 Å². The zero-order valence-corrected chi connectivity index (χ0v) is 21.5. The molecule has 0 radical (unpaired) electrons. The summed E-state index contributed by atoms with van der Waals surface area (Å²) in [6.45, 7) is 8.40. The molecule has 37 heavy (non-hydrogen) atoms. The summed E-state index contributed by atoms with van der Waals surface area (Å²) in [5.74, 6) is 2.55. The van der Waals surface area contributed by atoms with E-state index in [-0.39, 0.29) is 0 Å². The molecule has 0 atom stereocenters. The van der Waals surface area contributed by atoms with E-state index in [1.54, 1.807) is 18.3 Å².